The van der Waals surface area contributed by atoms with Gasteiger partial charge in [-0.05, 0) is 28.4 Å². The van der Waals surface area contributed by atoms with Gasteiger partial charge in [-0.2, -0.15) is 0 Å². The van der Waals surface area contributed by atoms with Gasteiger partial charge in [0.05, 0.1) is 12.7 Å². The third-order valence-corrected chi connectivity index (χ3v) is 3.29. The molecule has 1 aromatic heterocycles. The van der Waals surface area contributed by atoms with Gasteiger partial charge in [0.15, 0.2) is 0 Å². The Morgan fingerprint density at radius 1 is 1.69 bits per heavy atom. The molecule has 1 unspecified atom stereocenters. The minimum absolute atomic E-state index is 0.00984. The SMILES string of the molecule is COC1CCN(c2ncc(Br)cc2CO)C1. The first-order valence-electron chi connectivity index (χ1n) is 5.27. The van der Waals surface area contributed by atoms with Crippen molar-refractivity contribution in [3.8, 4) is 0 Å². The Morgan fingerprint density at radius 2 is 2.50 bits per heavy atom. The summed E-state index contributed by atoms with van der Waals surface area (Å²) in [6, 6.07) is 1.91. The highest BCUT2D eigenvalue weighted by atomic mass is 79.9. The lowest BCUT2D eigenvalue weighted by atomic mass is 10.2. The molecule has 1 N–H and O–H groups in total. The van der Waals surface area contributed by atoms with Crippen LogP contribution in [0, 0.1) is 0 Å². The number of anilines is 1. The van der Waals surface area contributed by atoms with Crippen LogP contribution in [0.15, 0.2) is 16.7 Å². The topological polar surface area (TPSA) is 45.6 Å². The summed E-state index contributed by atoms with van der Waals surface area (Å²) in [5, 5.41) is 9.31. The molecule has 1 aliphatic rings. The highest BCUT2D eigenvalue weighted by molar-refractivity contribution is 9.10. The first-order valence-corrected chi connectivity index (χ1v) is 6.07. The van der Waals surface area contributed by atoms with E-state index >= 15 is 0 Å². The highest BCUT2D eigenvalue weighted by Crippen LogP contribution is 2.25. The van der Waals surface area contributed by atoms with Crippen LogP contribution >= 0.6 is 15.9 Å². The van der Waals surface area contributed by atoms with Crippen molar-refractivity contribution >= 4 is 21.7 Å². The number of aliphatic hydroxyl groups excluding tert-OH is 1. The van der Waals surface area contributed by atoms with Gasteiger partial charge in [0.2, 0.25) is 0 Å². The fourth-order valence-electron chi connectivity index (χ4n) is 1.99. The zero-order valence-electron chi connectivity index (χ0n) is 9.19. The van der Waals surface area contributed by atoms with Crippen LogP contribution in [-0.4, -0.2) is 36.4 Å². The predicted molar refractivity (Wildman–Crippen MR) is 65.5 cm³/mol. The number of aromatic nitrogens is 1. The molecule has 1 aliphatic heterocycles. The van der Waals surface area contributed by atoms with E-state index in [1.165, 1.54) is 0 Å². The van der Waals surface area contributed by atoms with Crippen LogP contribution in [0.4, 0.5) is 5.82 Å². The largest absolute Gasteiger partial charge is 0.392 e. The van der Waals surface area contributed by atoms with Crippen LogP contribution in [0.3, 0.4) is 0 Å². The summed E-state index contributed by atoms with van der Waals surface area (Å²) in [6.07, 6.45) is 3.05. The van der Waals surface area contributed by atoms with Gasteiger partial charge in [-0.1, -0.05) is 0 Å². The van der Waals surface area contributed by atoms with Crippen LogP contribution in [0.2, 0.25) is 0 Å². The number of hydrogen-bond acceptors (Lipinski definition) is 4. The van der Waals surface area contributed by atoms with Crippen molar-refractivity contribution in [1.29, 1.82) is 0 Å². The number of ether oxygens (including phenoxy) is 1. The summed E-state index contributed by atoms with van der Waals surface area (Å²) in [6.45, 7) is 1.79. The van der Waals surface area contributed by atoms with Gasteiger partial charge in [-0.3, -0.25) is 0 Å². The zero-order valence-corrected chi connectivity index (χ0v) is 10.8. The van der Waals surface area contributed by atoms with Crippen LogP contribution in [0.1, 0.15) is 12.0 Å². The Balaban J connectivity index is 2.20. The Morgan fingerprint density at radius 3 is 3.12 bits per heavy atom. The first-order chi connectivity index (χ1) is 7.74. The van der Waals surface area contributed by atoms with E-state index in [1.807, 2.05) is 6.07 Å². The molecule has 0 bridgehead atoms. The first kappa shape index (κ1) is 11.8. The van der Waals surface area contributed by atoms with E-state index in [1.54, 1.807) is 13.3 Å². The second kappa shape index (κ2) is 5.12. The van der Waals surface area contributed by atoms with Gasteiger partial charge in [-0.15, -0.1) is 0 Å². The molecule has 2 rings (SSSR count). The minimum atomic E-state index is 0.00984. The minimum Gasteiger partial charge on any atom is -0.392 e. The summed E-state index contributed by atoms with van der Waals surface area (Å²) >= 11 is 3.35. The molecule has 0 spiro atoms. The third-order valence-electron chi connectivity index (χ3n) is 2.86. The molecule has 1 aromatic rings. The molecule has 0 aliphatic carbocycles. The molecule has 2 heterocycles. The lowest BCUT2D eigenvalue weighted by Gasteiger charge is -2.19. The van der Waals surface area contributed by atoms with Gasteiger partial charge in [-0.25, -0.2) is 4.98 Å². The number of aliphatic hydroxyl groups is 1. The molecule has 1 saturated heterocycles. The number of methoxy groups -OCH3 is 1. The van der Waals surface area contributed by atoms with Crippen LogP contribution in [0.5, 0.6) is 0 Å². The molecular weight excluding hydrogens is 272 g/mol. The summed E-state index contributed by atoms with van der Waals surface area (Å²) in [5.41, 5.74) is 0.853. The molecule has 1 atom stereocenters. The molecular formula is C11H15BrN2O2. The van der Waals surface area contributed by atoms with Crippen molar-refractivity contribution in [1.82, 2.24) is 4.98 Å². The summed E-state index contributed by atoms with van der Waals surface area (Å²) in [7, 11) is 1.73. The van der Waals surface area contributed by atoms with E-state index < -0.39 is 0 Å². The predicted octanol–water partition coefficient (Wildman–Crippen LogP) is 1.56. The average molecular weight is 287 g/mol. The second-order valence-electron chi connectivity index (χ2n) is 3.89. The van der Waals surface area contributed by atoms with Gasteiger partial charge >= 0.3 is 0 Å². The van der Waals surface area contributed by atoms with Crippen molar-refractivity contribution in [2.24, 2.45) is 0 Å². The maximum absolute atomic E-state index is 9.31. The number of pyridine rings is 1. The third kappa shape index (κ3) is 2.36. The monoisotopic (exact) mass is 286 g/mol. The summed E-state index contributed by atoms with van der Waals surface area (Å²) < 4.78 is 6.21. The van der Waals surface area contributed by atoms with Gasteiger partial charge < -0.3 is 14.7 Å². The molecule has 0 amide bonds. The molecule has 1 fully saturated rings. The smallest absolute Gasteiger partial charge is 0.134 e. The van der Waals surface area contributed by atoms with Gasteiger partial charge in [0.25, 0.3) is 0 Å². The lowest BCUT2D eigenvalue weighted by molar-refractivity contribution is 0.121. The highest BCUT2D eigenvalue weighted by Gasteiger charge is 2.24. The molecule has 5 heteroatoms. The summed E-state index contributed by atoms with van der Waals surface area (Å²) in [4.78, 5) is 6.52. The Hall–Kier alpha value is -0.650. The van der Waals surface area contributed by atoms with E-state index in [-0.39, 0.29) is 12.7 Å². The molecule has 0 aromatic carbocycles. The molecule has 88 valence electrons. The van der Waals surface area contributed by atoms with E-state index in [4.69, 9.17) is 4.74 Å². The Labute approximate surface area is 103 Å². The normalized spacial score (nSPS) is 20.4. The van der Waals surface area contributed by atoms with Crippen molar-refractivity contribution in [2.45, 2.75) is 19.1 Å². The van der Waals surface area contributed by atoms with E-state index in [0.717, 1.165) is 35.4 Å². The van der Waals surface area contributed by atoms with E-state index in [2.05, 4.69) is 25.8 Å². The van der Waals surface area contributed by atoms with Crippen molar-refractivity contribution < 1.29 is 9.84 Å². The van der Waals surface area contributed by atoms with Crippen molar-refractivity contribution in [3.63, 3.8) is 0 Å². The van der Waals surface area contributed by atoms with E-state index in [0.29, 0.717) is 0 Å². The lowest BCUT2D eigenvalue weighted by Crippen LogP contribution is -2.24. The standard InChI is InChI=1S/C11H15BrN2O2/c1-16-10-2-3-14(6-10)11-8(7-15)4-9(12)5-13-11/h4-5,10,15H,2-3,6-7H2,1H3. The fourth-order valence-corrected chi connectivity index (χ4v) is 2.37. The van der Waals surface area contributed by atoms with Crippen LogP contribution in [0.25, 0.3) is 0 Å². The molecule has 0 saturated carbocycles. The van der Waals surface area contributed by atoms with Crippen LogP contribution < -0.4 is 4.90 Å². The Kier molecular flexibility index (Phi) is 3.78. The molecule has 16 heavy (non-hydrogen) atoms. The number of nitrogens with zero attached hydrogens (tertiary/aromatic N) is 2. The molecule has 4 nitrogen and oxygen atoms in total. The second-order valence-corrected chi connectivity index (χ2v) is 4.80. The Bertz CT molecular complexity index is 373. The summed E-state index contributed by atoms with van der Waals surface area (Å²) in [5.74, 6) is 0.866. The number of rotatable bonds is 3. The van der Waals surface area contributed by atoms with Gasteiger partial charge in [0, 0.05) is 36.4 Å². The van der Waals surface area contributed by atoms with Crippen molar-refractivity contribution in [3.05, 3.63) is 22.3 Å². The van der Waals surface area contributed by atoms with Crippen molar-refractivity contribution in [2.75, 3.05) is 25.1 Å². The van der Waals surface area contributed by atoms with Gasteiger partial charge in [0.1, 0.15) is 5.82 Å². The number of hydrogen-bond donors (Lipinski definition) is 1. The average Bonchev–Trinajstić information content (AvgIpc) is 2.77. The molecule has 0 radical (unpaired) electrons. The maximum Gasteiger partial charge on any atom is 0.134 e. The van der Waals surface area contributed by atoms with E-state index in [9.17, 15) is 5.11 Å². The zero-order chi connectivity index (χ0) is 11.5. The quantitative estimate of drug-likeness (QED) is 0.916. The van der Waals surface area contributed by atoms with Crippen LogP contribution in [-0.2, 0) is 11.3 Å². The maximum atomic E-state index is 9.31. The number of halogens is 1. The fraction of sp³-hybridized carbons (Fsp3) is 0.545.